The number of aliphatic hydroxyl groups is 16. The van der Waals surface area contributed by atoms with E-state index in [-0.39, 0.29) is 90.9 Å². The summed E-state index contributed by atoms with van der Waals surface area (Å²) in [5, 5.41) is 195. The molecule has 102 heavy (non-hydrogen) atoms. The van der Waals surface area contributed by atoms with Crippen LogP contribution in [0.3, 0.4) is 0 Å². The van der Waals surface area contributed by atoms with E-state index >= 15 is 0 Å². The van der Waals surface area contributed by atoms with E-state index < -0.39 is 149 Å². The monoisotopic (exact) mass is 1450 g/mol. The first kappa shape index (κ1) is 77.8. The average molecular weight is 1450 g/mol. The van der Waals surface area contributed by atoms with Crippen molar-refractivity contribution in [2.24, 2.45) is 11.8 Å². The summed E-state index contributed by atoms with van der Waals surface area (Å²) in [6.07, 6.45) is -21.1. The topological polar surface area (TPSA) is 557 Å². The maximum Gasteiger partial charge on any atom is 0.186 e. The third-order valence-electron chi connectivity index (χ3n) is 17.8. The molecule has 0 unspecified atom stereocenters. The summed E-state index contributed by atoms with van der Waals surface area (Å²) in [5.41, 5.74) is 3.49. The van der Waals surface area contributed by atoms with Crippen LogP contribution in [0.4, 0.5) is 0 Å². The molecule has 8 heterocycles. The van der Waals surface area contributed by atoms with Crippen molar-refractivity contribution in [3.63, 3.8) is 0 Å². The summed E-state index contributed by atoms with van der Waals surface area (Å²) in [6.45, 7) is 1.86. The van der Waals surface area contributed by atoms with Crippen molar-refractivity contribution in [1.82, 2.24) is 60.0 Å². The highest BCUT2D eigenvalue weighted by molar-refractivity contribution is 5.44. The smallest absolute Gasteiger partial charge is 0.186 e. The second-order valence-electron chi connectivity index (χ2n) is 25.2. The fourth-order valence-corrected chi connectivity index (χ4v) is 11.5. The molecule has 4 aromatic heterocycles. The van der Waals surface area contributed by atoms with E-state index in [0.717, 1.165) is 11.1 Å². The number of nitrogens with zero attached hydrogens (tertiary/aromatic N) is 12. The van der Waals surface area contributed by atoms with E-state index in [1.165, 1.54) is 18.7 Å². The van der Waals surface area contributed by atoms with Gasteiger partial charge in [0.2, 0.25) is 0 Å². The lowest BCUT2D eigenvalue weighted by Crippen LogP contribution is -2.59. The Kier molecular flexibility index (Phi) is 28.1. The highest BCUT2D eigenvalue weighted by Crippen LogP contribution is 2.35. The summed E-state index contributed by atoms with van der Waals surface area (Å²) >= 11 is 0. The lowest BCUT2D eigenvalue weighted by atomic mass is 9.85. The second-order valence-corrected chi connectivity index (χ2v) is 25.2. The number of benzene rings is 2. The van der Waals surface area contributed by atoms with E-state index in [4.69, 9.17) is 56.8 Å². The predicted octanol–water partition coefficient (Wildman–Crippen LogP) is -7.31. The molecule has 10 rings (SSSR count). The number of aromatic nitrogens is 12. The van der Waals surface area contributed by atoms with Gasteiger partial charge < -0.3 is 139 Å². The van der Waals surface area contributed by atoms with Gasteiger partial charge in [-0.25, -0.2) is 18.7 Å². The highest BCUT2D eigenvalue weighted by atomic mass is 16.7. The van der Waals surface area contributed by atoms with Crippen LogP contribution in [0.25, 0.3) is 0 Å². The molecule has 6 aromatic rings. The molecule has 4 aliphatic heterocycles. The lowest BCUT2D eigenvalue weighted by molar-refractivity contribution is -0.301. The zero-order valence-electron chi connectivity index (χ0n) is 55.6. The molecular formula is C62H90N12O28. The van der Waals surface area contributed by atoms with Gasteiger partial charge in [-0.2, -0.15) is 0 Å². The molecule has 16 N–H and O–H groups in total. The van der Waals surface area contributed by atoms with Crippen LogP contribution in [0.5, 0.6) is 23.0 Å². The predicted molar refractivity (Wildman–Crippen MR) is 335 cm³/mol. The first-order valence-electron chi connectivity index (χ1n) is 33.1. The Morgan fingerprint density at radius 1 is 0.343 bits per heavy atom. The Hall–Kier alpha value is -6.76. The minimum atomic E-state index is -1.61. The number of ether oxygens (including phenoxy) is 12. The van der Waals surface area contributed by atoms with Crippen LogP contribution < -0.4 is 18.9 Å². The largest absolute Gasteiger partial charge is 0.483 e. The van der Waals surface area contributed by atoms with Gasteiger partial charge in [-0.15, -0.1) is 20.4 Å². The molecule has 0 bridgehead atoms. The van der Waals surface area contributed by atoms with E-state index in [1.54, 1.807) is 36.9 Å². The van der Waals surface area contributed by atoms with Crippen molar-refractivity contribution in [2.45, 2.75) is 202 Å². The molecule has 0 spiro atoms. The Bertz CT molecular complexity index is 3270. The molecule has 2 aromatic carbocycles. The highest BCUT2D eigenvalue weighted by Gasteiger charge is 2.47. The Balaban J connectivity index is 0.788. The number of rotatable bonds is 37. The fraction of sp³-hybridized carbons (Fsp3) is 0.677. The zero-order chi connectivity index (χ0) is 72.7. The third kappa shape index (κ3) is 20.0. The van der Waals surface area contributed by atoms with Gasteiger partial charge in [-0.1, -0.05) is 46.8 Å². The first-order valence-corrected chi connectivity index (χ1v) is 33.1. The molecule has 40 heteroatoms. The number of aliphatic hydroxyl groups excluding tert-OH is 16. The normalized spacial score (nSPS) is 30.5. The lowest BCUT2D eigenvalue weighted by Gasteiger charge is -2.39. The molecule has 40 nitrogen and oxygen atoms in total. The third-order valence-corrected chi connectivity index (χ3v) is 17.8. The van der Waals surface area contributed by atoms with Crippen molar-refractivity contribution >= 4 is 0 Å². The van der Waals surface area contributed by atoms with Crippen LogP contribution in [0, 0.1) is 11.8 Å². The Labute approximate surface area is 581 Å². The molecule has 0 aliphatic carbocycles. The van der Waals surface area contributed by atoms with Crippen molar-refractivity contribution in [3.05, 3.63) is 95.1 Å². The van der Waals surface area contributed by atoms with Crippen LogP contribution in [-0.4, -0.2) is 317 Å². The molecule has 4 aliphatic rings. The quantitative estimate of drug-likeness (QED) is 0.0172. The second kappa shape index (κ2) is 36.8. The van der Waals surface area contributed by atoms with Gasteiger partial charge in [0.15, 0.2) is 48.2 Å². The Morgan fingerprint density at radius 2 is 0.588 bits per heavy atom. The van der Waals surface area contributed by atoms with E-state index in [9.17, 15) is 81.7 Å². The van der Waals surface area contributed by atoms with Gasteiger partial charge in [0.25, 0.3) is 0 Å². The van der Waals surface area contributed by atoms with Gasteiger partial charge in [-0.05, 0) is 60.1 Å². The van der Waals surface area contributed by atoms with Crippen LogP contribution in [0.15, 0.2) is 61.2 Å². The maximum absolute atomic E-state index is 10.4. The van der Waals surface area contributed by atoms with Gasteiger partial charge in [0, 0.05) is 0 Å². The van der Waals surface area contributed by atoms with Crippen LogP contribution in [0.1, 0.15) is 47.8 Å². The van der Waals surface area contributed by atoms with Crippen molar-refractivity contribution in [1.29, 1.82) is 0 Å². The standard InChI is InChI=1S/C62H90N12O28/c1-31(15-33-3-5-39(95-27-35-19-71(67-63-35)7-11-91-59-55(87)51(83)47(79)43(23-75)99-59)41(17-33)97-29-37-21-73(69-65-37)9-13-93-61-57(89)53(85)49(81)45(25-77)101-61)32(2)16-34-4-6-40(96-28-36-20-72(68-64-36)8-12-92-60-56(88)52(84)48(80)44(24-76)100-60)42(18-34)98-30-38-22-74(70-66-38)10-14-94-62-58(90)54(86)50(82)46(26-78)102-62/h3-6,17-22,31-32,43-62,75-90H,7-16,23-30H2,1-2H3/t31-,32+,43-,44-,45-,46-,47+,48+,49+,50+,51+,52+,53+,54+,55-,56-,57-,58-,59-,60-,61-,62-/m1/s1. The maximum atomic E-state index is 10.4. The van der Waals surface area contributed by atoms with E-state index in [1.807, 2.05) is 24.3 Å². The molecule has 4 fully saturated rings. The van der Waals surface area contributed by atoms with E-state index in [0.29, 0.717) is 58.6 Å². The molecular weight excluding hydrogens is 1360 g/mol. The van der Waals surface area contributed by atoms with Crippen LogP contribution >= 0.6 is 0 Å². The van der Waals surface area contributed by atoms with Gasteiger partial charge >= 0.3 is 0 Å². The molecule has 22 atom stereocenters. The first-order chi connectivity index (χ1) is 49.1. The summed E-state index contributed by atoms with van der Waals surface area (Å²) < 4.78 is 75.5. The summed E-state index contributed by atoms with van der Waals surface area (Å²) in [5.74, 6) is 1.52. The molecule has 0 saturated carbocycles. The number of hydrogen-bond acceptors (Lipinski definition) is 36. The Morgan fingerprint density at radius 3 is 0.833 bits per heavy atom. The number of hydrogen-bond donors (Lipinski definition) is 16. The molecule has 0 amide bonds. The van der Waals surface area contributed by atoms with Crippen molar-refractivity contribution in [2.75, 3.05) is 52.9 Å². The zero-order valence-corrected chi connectivity index (χ0v) is 55.6. The van der Waals surface area contributed by atoms with Crippen molar-refractivity contribution < 1.29 is 139 Å². The average Bonchev–Trinajstić information content (AvgIpc) is 0.907. The van der Waals surface area contributed by atoms with Crippen molar-refractivity contribution in [3.8, 4) is 23.0 Å². The summed E-state index contributed by atoms with van der Waals surface area (Å²) in [4.78, 5) is 0. The summed E-state index contributed by atoms with van der Waals surface area (Å²) in [7, 11) is 0. The summed E-state index contributed by atoms with van der Waals surface area (Å²) in [6, 6.07) is 11.1. The fourth-order valence-electron chi connectivity index (χ4n) is 11.5. The molecule has 566 valence electrons. The van der Waals surface area contributed by atoms with E-state index in [2.05, 4.69) is 55.1 Å². The minimum Gasteiger partial charge on any atom is -0.483 e. The molecule has 4 saturated heterocycles. The van der Waals surface area contributed by atoms with Crippen LogP contribution in [-0.2, 0) is 103 Å². The minimum absolute atomic E-state index is 0.0534. The van der Waals surface area contributed by atoms with Gasteiger partial charge in [0.05, 0.1) is 104 Å². The van der Waals surface area contributed by atoms with Gasteiger partial charge in [-0.3, -0.25) is 0 Å². The molecule has 0 radical (unpaired) electrons. The van der Waals surface area contributed by atoms with Gasteiger partial charge in [0.1, 0.15) is 147 Å². The SMILES string of the molecule is C[C@H](Cc1ccc(OCc2cn(CCO[C@@H]3O[C@H](CO)[C@H](O)[C@H](O)[C@H]3O)nn2)c(OCc2cn(CCO[C@@H]3O[C@H](CO)[C@H](O)[C@H](O)[C@H]3O)nn2)c1)[C@@H](C)Cc1ccc(OCc2cn(CCO[C@@H]3O[C@H](CO)[C@H](O)[C@H](O)[C@H]3O)nn2)c(OCc2cn(CCO[C@@H]3O[C@H](CO)[C@H](O)[C@H](O)[C@H]3O)nn2)c1. The van der Waals surface area contributed by atoms with Crippen LogP contribution in [0.2, 0.25) is 0 Å².